The van der Waals surface area contributed by atoms with Gasteiger partial charge in [-0.25, -0.2) is 9.98 Å². The molecule has 0 atom stereocenters. The largest absolute Gasteiger partial charge is 0.357 e. The van der Waals surface area contributed by atoms with Gasteiger partial charge in [0.2, 0.25) is 0 Å². The van der Waals surface area contributed by atoms with Crippen LogP contribution in [0.5, 0.6) is 0 Å². The second kappa shape index (κ2) is 13.1. The fraction of sp³-hybridized carbons (Fsp3) is 0.684. The number of unbranched alkanes of at least 4 members (excludes halogenated alkanes) is 2. The van der Waals surface area contributed by atoms with Crippen molar-refractivity contribution in [2.75, 3.05) is 51.2 Å². The lowest BCUT2D eigenvalue weighted by Crippen LogP contribution is -2.44. The number of hydrogen-bond acceptors (Lipinski definition) is 4. The Morgan fingerprint density at radius 2 is 1.88 bits per heavy atom. The van der Waals surface area contributed by atoms with E-state index in [1.165, 1.54) is 19.3 Å². The molecule has 7 heteroatoms. The highest BCUT2D eigenvalue weighted by Gasteiger charge is 2.14. The number of guanidine groups is 1. The summed E-state index contributed by atoms with van der Waals surface area (Å²) in [5, 5.41) is 6.70. The number of anilines is 1. The summed E-state index contributed by atoms with van der Waals surface area (Å²) in [6.07, 6.45) is 5.63. The minimum absolute atomic E-state index is 0. The van der Waals surface area contributed by atoms with Crippen molar-refractivity contribution in [2.24, 2.45) is 4.99 Å². The van der Waals surface area contributed by atoms with Gasteiger partial charge < -0.3 is 20.4 Å². The lowest BCUT2D eigenvalue weighted by atomic mass is 10.2. The number of nitrogens with zero attached hydrogens (tertiary/aromatic N) is 4. The van der Waals surface area contributed by atoms with Crippen molar-refractivity contribution in [3.05, 3.63) is 23.9 Å². The summed E-state index contributed by atoms with van der Waals surface area (Å²) in [4.78, 5) is 14.0. The maximum atomic E-state index is 4.67. The van der Waals surface area contributed by atoms with Crippen molar-refractivity contribution < 1.29 is 0 Å². The number of nitrogens with one attached hydrogen (secondary N) is 2. The molecule has 0 radical (unpaired) electrons. The van der Waals surface area contributed by atoms with E-state index in [2.05, 4.69) is 63.4 Å². The molecule has 2 heterocycles. The molecular formula is C19H35IN6. The second-order valence-corrected chi connectivity index (χ2v) is 6.64. The molecule has 2 rings (SSSR count). The van der Waals surface area contributed by atoms with Gasteiger partial charge in [-0.05, 0) is 32.0 Å². The van der Waals surface area contributed by atoms with Gasteiger partial charge in [0.15, 0.2) is 5.96 Å². The lowest BCUT2D eigenvalue weighted by Gasteiger charge is -2.33. The van der Waals surface area contributed by atoms with E-state index < -0.39 is 0 Å². The smallest absolute Gasteiger partial charge is 0.191 e. The van der Waals surface area contributed by atoms with Gasteiger partial charge in [0, 0.05) is 45.5 Å². The Kier molecular flexibility index (Phi) is 11.6. The quantitative estimate of drug-likeness (QED) is 0.263. The molecule has 148 valence electrons. The molecule has 1 aliphatic heterocycles. The van der Waals surface area contributed by atoms with Gasteiger partial charge in [0.1, 0.15) is 5.82 Å². The first kappa shape index (κ1) is 23.0. The zero-order chi connectivity index (χ0) is 17.9. The van der Waals surface area contributed by atoms with Crippen LogP contribution in [-0.4, -0.2) is 62.2 Å². The molecule has 0 saturated carbocycles. The maximum absolute atomic E-state index is 4.67. The van der Waals surface area contributed by atoms with E-state index >= 15 is 0 Å². The first-order valence-corrected chi connectivity index (χ1v) is 9.63. The Hall–Kier alpha value is -1.09. The molecule has 0 aromatic carbocycles. The van der Waals surface area contributed by atoms with Gasteiger partial charge in [-0.3, -0.25) is 0 Å². The number of aliphatic imine (C=N–C) groups is 1. The zero-order valence-corrected chi connectivity index (χ0v) is 18.8. The molecule has 6 nitrogen and oxygen atoms in total. The number of likely N-dealkylation sites (N-methyl/N-ethyl adjacent to an activating group) is 1. The zero-order valence-electron chi connectivity index (χ0n) is 16.5. The number of rotatable bonds is 8. The molecule has 1 aromatic rings. The summed E-state index contributed by atoms with van der Waals surface area (Å²) in [6, 6.07) is 4.27. The van der Waals surface area contributed by atoms with Crippen LogP contribution in [0.25, 0.3) is 0 Å². The van der Waals surface area contributed by atoms with Crippen molar-refractivity contribution in [3.63, 3.8) is 0 Å². The summed E-state index contributed by atoms with van der Waals surface area (Å²) >= 11 is 0. The minimum Gasteiger partial charge on any atom is -0.357 e. The number of halogens is 1. The van der Waals surface area contributed by atoms with E-state index in [9.17, 15) is 0 Å². The lowest BCUT2D eigenvalue weighted by molar-refractivity contribution is 0.312. The molecule has 1 aliphatic rings. The summed E-state index contributed by atoms with van der Waals surface area (Å²) in [6.45, 7) is 11.1. The van der Waals surface area contributed by atoms with Crippen molar-refractivity contribution in [1.29, 1.82) is 0 Å². The topological polar surface area (TPSA) is 55.8 Å². The normalized spacial score (nSPS) is 15.5. The van der Waals surface area contributed by atoms with E-state index in [-0.39, 0.29) is 24.0 Å². The molecule has 0 bridgehead atoms. The molecule has 1 saturated heterocycles. The first-order chi connectivity index (χ1) is 12.2. The number of piperazine rings is 1. The highest BCUT2D eigenvalue weighted by molar-refractivity contribution is 14.0. The fourth-order valence-corrected chi connectivity index (χ4v) is 2.83. The first-order valence-electron chi connectivity index (χ1n) is 9.63. The monoisotopic (exact) mass is 474 g/mol. The molecule has 0 spiro atoms. The van der Waals surface area contributed by atoms with Crippen LogP contribution >= 0.6 is 24.0 Å². The van der Waals surface area contributed by atoms with Gasteiger partial charge in [0.25, 0.3) is 0 Å². The van der Waals surface area contributed by atoms with Crippen LogP contribution in [0.3, 0.4) is 0 Å². The average Bonchev–Trinajstić information content (AvgIpc) is 2.64. The van der Waals surface area contributed by atoms with Crippen LogP contribution in [0.1, 0.15) is 38.7 Å². The van der Waals surface area contributed by atoms with Crippen molar-refractivity contribution in [3.8, 4) is 0 Å². The Morgan fingerprint density at radius 3 is 2.50 bits per heavy atom. The number of hydrogen-bond donors (Lipinski definition) is 2. The van der Waals surface area contributed by atoms with Crippen molar-refractivity contribution in [1.82, 2.24) is 20.5 Å². The standard InChI is InChI=1S/C19H34N6.HI/c1-4-6-7-10-21-19(20-5-2)23-16-17-8-9-18(22-15-17)25-13-11-24(3)12-14-25;/h8-9,15H,4-7,10-14,16H2,1-3H3,(H2,20,21,23);1H. The third-order valence-corrected chi connectivity index (χ3v) is 4.47. The van der Waals surface area contributed by atoms with Crippen LogP contribution in [0, 0.1) is 0 Å². The number of aromatic nitrogens is 1. The Morgan fingerprint density at radius 1 is 1.12 bits per heavy atom. The van der Waals surface area contributed by atoms with Gasteiger partial charge >= 0.3 is 0 Å². The molecule has 1 fully saturated rings. The second-order valence-electron chi connectivity index (χ2n) is 6.64. The Labute approximate surface area is 175 Å². The van der Waals surface area contributed by atoms with Crippen LogP contribution in [0.4, 0.5) is 5.82 Å². The van der Waals surface area contributed by atoms with E-state index in [0.29, 0.717) is 6.54 Å². The predicted molar refractivity (Wildman–Crippen MR) is 122 cm³/mol. The molecule has 0 unspecified atom stereocenters. The minimum atomic E-state index is 0. The van der Waals surface area contributed by atoms with Crippen LogP contribution in [0.2, 0.25) is 0 Å². The SMILES string of the molecule is CCCCCNC(=NCc1ccc(N2CCN(C)CC2)nc1)NCC.I. The van der Waals surface area contributed by atoms with Gasteiger partial charge in [-0.15, -0.1) is 24.0 Å². The van der Waals surface area contributed by atoms with Crippen molar-refractivity contribution >= 4 is 35.8 Å². The Bertz CT molecular complexity index is 511. The molecule has 0 amide bonds. The van der Waals surface area contributed by atoms with Gasteiger partial charge in [-0.1, -0.05) is 25.8 Å². The molecule has 2 N–H and O–H groups in total. The third kappa shape index (κ3) is 8.07. The molecule has 26 heavy (non-hydrogen) atoms. The van der Waals surface area contributed by atoms with Crippen LogP contribution in [0.15, 0.2) is 23.3 Å². The highest BCUT2D eigenvalue weighted by Crippen LogP contribution is 2.14. The molecule has 0 aliphatic carbocycles. The Balaban J connectivity index is 0.00000338. The van der Waals surface area contributed by atoms with Gasteiger partial charge in [-0.2, -0.15) is 0 Å². The molecule has 1 aromatic heterocycles. The van der Waals surface area contributed by atoms with E-state index in [1.807, 2.05) is 6.20 Å². The summed E-state index contributed by atoms with van der Waals surface area (Å²) in [7, 11) is 2.17. The fourth-order valence-electron chi connectivity index (χ4n) is 2.83. The van der Waals surface area contributed by atoms with Gasteiger partial charge in [0.05, 0.1) is 6.54 Å². The number of pyridine rings is 1. The highest BCUT2D eigenvalue weighted by atomic mass is 127. The summed E-state index contributed by atoms with van der Waals surface area (Å²) < 4.78 is 0. The van der Waals surface area contributed by atoms with Crippen LogP contribution < -0.4 is 15.5 Å². The van der Waals surface area contributed by atoms with Crippen LogP contribution in [-0.2, 0) is 6.54 Å². The molecular weight excluding hydrogens is 439 g/mol. The average molecular weight is 474 g/mol. The maximum Gasteiger partial charge on any atom is 0.191 e. The summed E-state index contributed by atoms with van der Waals surface area (Å²) in [5.74, 6) is 1.96. The third-order valence-electron chi connectivity index (χ3n) is 4.47. The van der Waals surface area contributed by atoms with E-state index in [4.69, 9.17) is 0 Å². The van der Waals surface area contributed by atoms with E-state index in [0.717, 1.165) is 56.6 Å². The summed E-state index contributed by atoms with van der Waals surface area (Å²) in [5.41, 5.74) is 1.14. The van der Waals surface area contributed by atoms with E-state index in [1.54, 1.807) is 0 Å². The van der Waals surface area contributed by atoms with Crippen molar-refractivity contribution in [2.45, 2.75) is 39.7 Å². The predicted octanol–water partition coefficient (Wildman–Crippen LogP) is 2.70.